The number of alkyl halides is 2. The van der Waals surface area contributed by atoms with Gasteiger partial charge in [-0.2, -0.15) is 8.78 Å². The van der Waals surface area contributed by atoms with Crippen LogP contribution in [0.4, 0.5) is 8.78 Å². The highest BCUT2D eigenvalue weighted by molar-refractivity contribution is 9.10. The maximum absolute atomic E-state index is 12.4. The van der Waals surface area contributed by atoms with Gasteiger partial charge in [0, 0.05) is 15.9 Å². The van der Waals surface area contributed by atoms with Crippen molar-refractivity contribution in [3.05, 3.63) is 34.4 Å². The van der Waals surface area contributed by atoms with Crippen LogP contribution in [-0.2, 0) is 4.74 Å². The number of esters is 1. The normalized spacial score (nSPS) is 10.8. The molecule has 0 spiro atoms. The zero-order chi connectivity index (χ0) is 14.0. The third kappa shape index (κ3) is 2.98. The molecular formula is C12H8BrF2NO3. The van der Waals surface area contributed by atoms with Gasteiger partial charge in [0.2, 0.25) is 0 Å². The number of aromatic nitrogens is 1. The SMILES string of the molecule is COC(=O)c1cc(OC(F)F)c2cc(Br)ccc2n1. The van der Waals surface area contributed by atoms with Gasteiger partial charge in [-0.25, -0.2) is 9.78 Å². The molecule has 19 heavy (non-hydrogen) atoms. The van der Waals surface area contributed by atoms with Crippen molar-refractivity contribution in [1.82, 2.24) is 4.98 Å². The van der Waals surface area contributed by atoms with E-state index in [1.807, 2.05) is 0 Å². The molecule has 7 heteroatoms. The van der Waals surface area contributed by atoms with Crippen LogP contribution >= 0.6 is 15.9 Å². The maximum Gasteiger partial charge on any atom is 0.387 e. The molecule has 0 atom stereocenters. The van der Waals surface area contributed by atoms with Gasteiger partial charge in [0.05, 0.1) is 12.6 Å². The van der Waals surface area contributed by atoms with Gasteiger partial charge in [0.25, 0.3) is 0 Å². The fourth-order valence-electron chi connectivity index (χ4n) is 1.57. The molecule has 4 nitrogen and oxygen atoms in total. The number of benzene rings is 1. The summed E-state index contributed by atoms with van der Waals surface area (Å²) in [4.78, 5) is 15.5. The van der Waals surface area contributed by atoms with Gasteiger partial charge in [0.15, 0.2) is 5.69 Å². The number of pyridine rings is 1. The van der Waals surface area contributed by atoms with Crippen molar-refractivity contribution in [2.45, 2.75) is 6.61 Å². The van der Waals surface area contributed by atoms with E-state index in [0.717, 1.165) is 6.07 Å². The van der Waals surface area contributed by atoms with E-state index >= 15 is 0 Å². The van der Waals surface area contributed by atoms with Crippen LogP contribution in [0.15, 0.2) is 28.7 Å². The lowest BCUT2D eigenvalue weighted by atomic mass is 10.2. The van der Waals surface area contributed by atoms with E-state index < -0.39 is 12.6 Å². The predicted octanol–water partition coefficient (Wildman–Crippen LogP) is 3.39. The molecule has 0 N–H and O–H groups in total. The second kappa shape index (κ2) is 5.48. The minimum atomic E-state index is -2.99. The first-order valence-electron chi connectivity index (χ1n) is 5.14. The average molecular weight is 332 g/mol. The van der Waals surface area contributed by atoms with E-state index in [1.54, 1.807) is 18.2 Å². The van der Waals surface area contributed by atoms with Crippen LogP contribution in [-0.4, -0.2) is 24.7 Å². The quantitative estimate of drug-likeness (QED) is 0.809. The second-order valence-electron chi connectivity index (χ2n) is 3.54. The Kier molecular flexibility index (Phi) is 3.94. The monoisotopic (exact) mass is 331 g/mol. The number of carbonyl (C=O) groups excluding carboxylic acids is 1. The Balaban J connectivity index is 2.65. The molecule has 0 saturated heterocycles. The number of carbonyl (C=O) groups is 1. The predicted molar refractivity (Wildman–Crippen MR) is 67.4 cm³/mol. The van der Waals surface area contributed by atoms with Crippen LogP contribution in [0.25, 0.3) is 10.9 Å². The summed E-state index contributed by atoms with van der Waals surface area (Å²) in [5, 5.41) is 0.377. The molecule has 0 radical (unpaired) electrons. The van der Waals surface area contributed by atoms with Crippen molar-refractivity contribution in [2.24, 2.45) is 0 Å². The Morgan fingerprint density at radius 3 is 2.74 bits per heavy atom. The Morgan fingerprint density at radius 1 is 1.37 bits per heavy atom. The Bertz CT molecular complexity index is 634. The first-order chi connectivity index (χ1) is 9.01. The van der Waals surface area contributed by atoms with Gasteiger partial charge in [0.1, 0.15) is 5.75 Å². The fraction of sp³-hybridized carbons (Fsp3) is 0.167. The summed E-state index contributed by atoms with van der Waals surface area (Å²) >= 11 is 3.23. The molecule has 0 aliphatic heterocycles. The first kappa shape index (κ1) is 13.7. The van der Waals surface area contributed by atoms with E-state index in [4.69, 9.17) is 0 Å². The Morgan fingerprint density at radius 2 is 2.11 bits per heavy atom. The summed E-state index contributed by atoms with van der Waals surface area (Å²) in [6.45, 7) is -2.99. The van der Waals surface area contributed by atoms with E-state index in [9.17, 15) is 13.6 Å². The molecule has 1 heterocycles. The number of hydrogen-bond acceptors (Lipinski definition) is 4. The number of fused-ring (bicyclic) bond motifs is 1. The highest BCUT2D eigenvalue weighted by Crippen LogP contribution is 2.29. The average Bonchev–Trinajstić information content (AvgIpc) is 2.37. The number of halogens is 3. The van der Waals surface area contributed by atoms with Gasteiger partial charge in [-0.3, -0.25) is 0 Å². The number of rotatable bonds is 3. The van der Waals surface area contributed by atoms with Crippen molar-refractivity contribution in [3.63, 3.8) is 0 Å². The zero-order valence-electron chi connectivity index (χ0n) is 9.69. The highest BCUT2D eigenvalue weighted by Gasteiger charge is 2.16. The number of methoxy groups -OCH3 is 1. The molecule has 1 aromatic carbocycles. The lowest BCUT2D eigenvalue weighted by molar-refractivity contribution is -0.0489. The molecule has 2 aromatic rings. The van der Waals surface area contributed by atoms with Crippen molar-refractivity contribution >= 4 is 32.8 Å². The third-order valence-corrected chi connectivity index (χ3v) is 2.84. The molecular weight excluding hydrogens is 324 g/mol. The van der Waals surface area contributed by atoms with Crippen LogP contribution in [0.1, 0.15) is 10.5 Å². The number of hydrogen-bond donors (Lipinski definition) is 0. The molecule has 0 aliphatic carbocycles. The summed E-state index contributed by atoms with van der Waals surface area (Å²) in [5.74, 6) is -0.842. The fourth-order valence-corrected chi connectivity index (χ4v) is 1.93. The molecule has 0 saturated carbocycles. The zero-order valence-corrected chi connectivity index (χ0v) is 11.3. The molecule has 1 aromatic heterocycles. The van der Waals surface area contributed by atoms with Gasteiger partial charge < -0.3 is 9.47 Å². The van der Waals surface area contributed by atoms with E-state index in [2.05, 4.69) is 30.4 Å². The summed E-state index contributed by atoms with van der Waals surface area (Å²) in [6, 6.07) is 5.99. The Labute approximate surface area is 115 Å². The first-order valence-corrected chi connectivity index (χ1v) is 5.94. The van der Waals surface area contributed by atoms with Gasteiger partial charge >= 0.3 is 12.6 Å². The van der Waals surface area contributed by atoms with Crippen LogP contribution < -0.4 is 4.74 Å². The smallest absolute Gasteiger partial charge is 0.387 e. The maximum atomic E-state index is 12.4. The van der Waals surface area contributed by atoms with Crippen molar-refractivity contribution in [2.75, 3.05) is 7.11 Å². The van der Waals surface area contributed by atoms with E-state index in [1.165, 1.54) is 7.11 Å². The number of nitrogens with zero attached hydrogens (tertiary/aromatic N) is 1. The Hall–Kier alpha value is -1.76. The van der Waals surface area contributed by atoms with Gasteiger partial charge in [-0.15, -0.1) is 0 Å². The minimum absolute atomic E-state index is 0.0898. The summed E-state index contributed by atoms with van der Waals surface area (Å²) in [6.07, 6.45) is 0. The highest BCUT2D eigenvalue weighted by atomic mass is 79.9. The van der Waals surface area contributed by atoms with Crippen LogP contribution in [0.2, 0.25) is 0 Å². The van der Waals surface area contributed by atoms with Gasteiger partial charge in [-0.1, -0.05) is 15.9 Å². The van der Waals surface area contributed by atoms with Gasteiger partial charge in [-0.05, 0) is 18.2 Å². The third-order valence-electron chi connectivity index (χ3n) is 2.34. The van der Waals surface area contributed by atoms with Crippen LogP contribution in [0.5, 0.6) is 5.75 Å². The van der Waals surface area contributed by atoms with Crippen molar-refractivity contribution < 1.29 is 23.0 Å². The van der Waals surface area contributed by atoms with Crippen molar-refractivity contribution in [1.29, 1.82) is 0 Å². The molecule has 0 amide bonds. The molecule has 2 rings (SSSR count). The molecule has 100 valence electrons. The minimum Gasteiger partial charge on any atom is -0.464 e. The van der Waals surface area contributed by atoms with Crippen LogP contribution in [0.3, 0.4) is 0 Å². The second-order valence-corrected chi connectivity index (χ2v) is 4.45. The van der Waals surface area contributed by atoms with E-state index in [-0.39, 0.29) is 11.4 Å². The van der Waals surface area contributed by atoms with E-state index in [0.29, 0.717) is 15.4 Å². The molecule has 0 aliphatic rings. The summed E-state index contributed by atoms with van der Waals surface area (Å²) in [5.41, 5.74) is 0.273. The van der Waals surface area contributed by atoms with Crippen LogP contribution in [0, 0.1) is 0 Å². The number of ether oxygens (including phenoxy) is 2. The molecule has 0 unspecified atom stereocenters. The lowest BCUT2D eigenvalue weighted by Gasteiger charge is -2.10. The topological polar surface area (TPSA) is 48.4 Å². The standard InChI is InChI=1S/C12H8BrF2NO3/c1-18-11(17)9-5-10(19-12(14)15)7-4-6(13)2-3-8(7)16-9/h2-5,12H,1H3. The molecule has 0 bridgehead atoms. The summed E-state index contributed by atoms with van der Waals surface area (Å²) < 4.78 is 34.4. The lowest BCUT2D eigenvalue weighted by Crippen LogP contribution is -2.08. The largest absolute Gasteiger partial charge is 0.464 e. The molecule has 0 fully saturated rings. The summed E-state index contributed by atoms with van der Waals surface area (Å²) in [7, 11) is 1.18. The van der Waals surface area contributed by atoms with Crippen molar-refractivity contribution in [3.8, 4) is 5.75 Å².